The van der Waals surface area contributed by atoms with Crippen LogP contribution in [0.1, 0.15) is 55.3 Å². The van der Waals surface area contributed by atoms with Gasteiger partial charge in [-0.3, -0.25) is 0 Å². The second-order valence-corrected chi connectivity index (χ2v) is 14.4. The third-order valence-electron chi connectivity index (χ3n) is 11.3. The average molecular weight is 649 g/mol. The maximum absolute atomic E-state index is 4.48. The molecule has 0 saturated heterocycles. The Kier molecular flexibility index (Phi) is 8.09. The molecule has 0 bridgehead atoms. The summed E-state index contributed by atoms with van der Waals surface area (Å²) in [7, 11) is 0. The number of allylic oxidation sites excluding steroid dienone is 8. The summed E-state index contributed by atoms with van der Waals surface area (Å²) in [6.45, 7) is 4.48. The van der Waals surface area contributed by atoms with Gasteiger partial charge < -0.3 is 9.47 Å². The molecule has 4 aromatic carbocycles. The van der Waals surface area contributed by atoms with E-state index < -0.39 is 0 Å². The van der Waals surface area contributed by atoms with E-state index in [4.69, 9.17) is 0 Å². The minimum Gasteiger partial charge on any atom is -0.341 e. The number of hydrogen-bond donors (Lipinski definition) is 0. The van der Waals surface area contributed by atoms with Crippen LogP contribution in [-0.2, 0) is 6.42 Å². The predicted octanol–water partition coefficient (Wildman–Crippen LogP) is 12.5. The molecule has 2 nitrogen and oxygen atoms in total. The van der Waals surface area contributed by atoms with Gasteiger partial charge in [0.05, 0.1) is 11.6 Å². The van der Waals surface area contributed by atoms with Gasteiger partial charge in [-0.1, -0.05) is 110 Å². The number of fused-ring (bicyclic) bond motifs is 4. The van der Waals surface area contributed by atoms with E-state index in [1.165, 1.54) is 87.0 Å². The molecule has 3 unspecified atom stereocenters. The molecule has 2 heterocycles. The predicted molar refractivity (Wildman–Crippen MR) is 213 cm³/mol. The summed E-state index contributed by atoms with van der Waals surface area (Å²) in [5.41, 5.74) is 13.7. The molecule has 1 aliphatic heterocycles. The van der Waals surface area contributed by atoms with Gasteiger partial charge >= 0.3 is 0 Å². The van der Waals surface area contributed by atoms with Gasteiger partial charge in [-0.25, -0.2) is 0 Å². The highest BCUT2D eigenvalue weighted by molar-refractivity contribution is 5.95. The van der Waals surface area contributed by atoms with Gasteiger partial charge in [-0.2, -0.15) is 0 Å². The molecular weight excluding hydrogens is 605 g/mol. The Labute approximate surface area is 296 Å². The van der Waals surface area contributed by atoms with Crippen LogP contribution in [0.5, 0.6) is 0 Å². The first-order valence-corrected chi connectivity index (χ1v) is 18.5. The highest BCUT2D eigenvalue weighted by Gasteiger charge is 2.27. The summed E-state index contributed by atoms with van der Waals surface area (Å²) in [4.78, 5) is 2.50. The lowest BCUT2D eigenvalue weighted by atomic mass is 9.78. The molecule has 0 amide bonds. The van der Waals surface area contributed by atoms with Crippen molar-refractivity contribution < 1.29 is 0 Å². The molecule has 3 atom stereocenters. The fourth-order valence-electron chi connectivity index (χ4n) is 8.73. The standard InChI is InChI=1S/C48H44N2/c1-34-13-10-11-30-49(41-26-22-37(23-27-41)35-14-4-2-5-15-35)48-33-40(24-28-43(34)48)39-25-29-47-45(32-39)44-20-8-9-21-46(44)50(47)42-19-12-18-38(31-42)36-16-6-3-7-17-36/h3-4,6-7,9-14,16-19,21-22,24-26,28-33,35,37,41H,1-2,5,8,15,20,23,27H2/b13-10-,30-11-. The summed E-state index contributed by atoms with van der Waals surface area (Å²) >= 11 is 0. The van der Waals surface area contributed by atoms with Crippen molar-refractivity contribution in [2.24, 2.45) is 11.8 Å². The number of rotatable bonds is 5. The zero-order valence-electron chi connectivity index (χ0n) is 28.7. The molecule has 246 valence electrons. The Morgan fingerprint density at radius 2 is 1.48 bits per heavy atom. The lowest BCUT2D eigenvalue weighted by Gasteiger charge is -2.36. The van der Waals surface area contributed by atoms with Gasteiger partial charge in [-0.15, -0.1) is 0 Å². The lowest BCUT2D eigenvalue weighted by Crippen LogP contribution is -2.33. The molecule has 3 aliphatic carbocycles. The van der Waals surface area contributed by atoms with Crippen molar-refractivity contribution in [1.82, 2.24) is 4.57 Å². The van der Waals surface area contributed by atoms with Gasteiger partial charge in [0.15, 0.2) is 0 Å². The summed E-state index contributed by atoms with van der Waals surface area (Å²) in [6, 6.07) is 34.1. The second kappa shape index (κ2) is 13.2. The first kappa shape index (κ1) is 30.7. The van der Waals surface area contributed by atoms with E-state index in [1.54, 1.807) is 0 Å². The number of hydrogen-bond acceptors (Lipinski definition) is 1. The molecule has 9 rings (SSSR count). The van der Waals surface area contributed by atoms with Crippen LogP contribution in [-0.4, -0.2) is 10.6 Å². The van der Waals surface area contributed by atoms with E-state index in [0.29, 0.717) is 17.9 Å². The first-order valence-electron chi connectivity index (χ1n) is 18.5. The average Bonchev–Trinajstić information content (AvgIpc) is 3.51. The number of benzene rings is 4. The maximum atomic E-state index is 4.48. The zero-order valence-corrected chi connectivity index (χ0v) is 28.7. The molecule has 5 aromatic rings. The van der Waals surface area contributed by atoms with Crippen LogP contribution in [0.2, 0.25) is 0 Å². The Morgan fingerprint density at radius 3 is 2.34 bits per heavy atom. The fraction of sp³-hybridized carbons (Fsp3) is 0.208. The van der Waals surface area contributed by atoms with E-state index in [-0.39, 0.29) is 0 Å². The molecule has 0 N–H and O–H groups in total. The Hall–Kier alpha value is -5.34. The number of anilines is 1. The number of nitrogens with zero attached hydrogens (tertiary/aromatic N) is 2. The SMILES string of the molecule is C=C1/C=C\C=C/N(C2C=CC(C3C=CCCC3)CC2)c2cc(-c3ccc4c(c3)c3c(n4-c4cccc(-c5ccccc5)c4)C=CCC3)ccc21. The third kappa shape index (κ3) is 5.63. The van der Waals surface area contributed by atoms with Crippen molar-refractivity contribution in [3.63, 3.8) is 0 Å². The van der Waals surface area contributed by atoms with Crippen molar-refractivity contribution in [1.29, 1.82) is 0 Å². The van der Waals surface area contributed by atoms with E-state index in [1.807, 2.05) is 0 Å². The highest BCUT2D eigenvalue weighted by atomic mass is 15.1. The van der Waals surface area contributed by atoms with Crippen molar-refractivity contribution in [3.8, 4) is 27.9 Å². The largest absolute Gasteiger partial charge is 0.341 e. The Morgan fingerprint density at radius 1 is 0.640 bits per heavy atom. The lowest BCUT2D eigenvalue weighted by molar-refractivity contribution is 0.371. The summed E-state index contributed by atoms with van der Waals surface area (Å²) in [6.07, 6.45) is 31.6. The van der Waals surface area contributed by atoms with Crippen molar-refractivity contribution >= 4 is 28.2 Å². The van der Waals surface area contributed by atoms with Gasteiger partial charge in [0.25, 0.3) is 0 Å². The normalized spacial score (nSPS) is 22.5. The van der Waals surface area contributed by atoms with Crippen LogP contribution in [0.4, 0.5) is 5.69 Å². The monoisotopic (exact) mass is 648 g/mol. The summed E-state index contributed by atoms with van der Waals surface area (Å²) in [5.74, 6) is 1.35. The number of aromatic nitrogens is 1. The molecule has 0 spiro atoms. The first-order chi connectivity index (χ1) is 24.7. The van der Waals surface area contributed by atoms with Crippen LogP contribution in [0, 0.1) is 11.8 Å². The van der Waals surface area contributed by atoms with E-state index >= 15 is 0 Å². The van der Waals surface area contributed by atoms with Crippen molar-refractivity contribution in [3.05, 3.63) is 169 Å². The minimum atomic E-state index is 0.324. The highest BCUT2D eigenvalue weighted by Crippen LogP contribution is 2.41. The van der Waals surface area contributed by atoms with E-state index in [9.17, 15) is 0 Å². The molecule has 0 radical (unpaired) electrons. The van der Waals surface area contributed by atoms with Gasteiger partial charge in [0, 0.05) is 34.2 Å². The van der Waals surface area contributed by atoms with E-state index in [0.717, 1.165) is 24.8 Å². The van der Waals surface area contributed by atoms with Crippen LogP contribution in [0.3, 0.4) is 0 Å². The minimum absolute atomic E-state index is 0.324. The zero-order chi connectivity index (χ0) is 33.4. The second-order valence-electron chi connectivity index (χ2n) is 14.4. The smallest absolute Gasteiger partial charge is 0.0538 e. The molecule has 0 fully saturated rings. The maximum Gasteiger partial charge on any atom is 0.0538 e. The molecule has 4 aliphatic rings. The van der Waals surface area contributed by atoms with Crippen LogP contribution < -0.4 is 4.90 Å². The molecular formula is C48H44N2. The van der Waals surface area contributed by atoms with E-state index in [2.05, 4.69) is 168 Å². The van der Waals surface area contributed by atoms with Crippen LogP contribution in [0.15, 0.2) is 152 Å². The molecule has 50 heavy (non-hydrogen) atoms. The topological polar surface area (TPSA) is 8.17 Å². The van der Waals surface area contributed by atoms with Gasteiger partial charge in [0.1, 0.15) is 0 Å². The van der Waals surface area contributed by atoms with Crippen LogP contribution in [0.25, 0.3) is 50.5 Å². The number of aryl methyl sites for hydroxylation is 1. The van der Waals surface area contributed by atoms with Gasteiger partial charge in [0.2, 0.25) is 0 Å². The van der Waals surface area contributed by atoms with Crippen LogP contribution >= 0.6 is 0 Å². The molecule has 0 saturated carbocycles. The Balaban J connectivity index is 1.11. The third-order valence-corrected chi connectivity index (χ3v) is 11.3. The quantitative estimate of drug-likeness (QED) is 0.172. The Bertz CT molecular complexity index is 2240. The fourth-order valence-corrected chi connectivity index (χ4v) is 8.73. The van der Waals surface area contributed by atoms with Gasteiger partial charge in [-0.05, 0) is 133 Å². The molecule has 2 heteroatoms. The van der Waals surface area contributed by atoms with Crippen molar-refractivity contribution in [2.45, 2.75) is 51.0 Å². The van der Waals surface area contributed by atoms with Crippen molar-refractivity contribution in [2.75, 3.05) is 4.90 Å². The summed E-state index contributed by atoms with van der Waals surface area (Å²) in [5, 5.41) is 1.35. The molecule has 1 aromatic heterocycles. The summed E-state index contributed by atoms with van der Waals surface area (Å²) < 4.78 is 2.46.